The van der Waals surface area contributed by atoms with E-state index in [1.54, 1.807) is 0 Å². The number of ether oxygens (including phenoxy) is 1. The predicted octanol–water partition coefficient (Wildman–Crippen LogP) is 2.75. The van der Waals surface area contributed by atoms with Gasteiger partial charge >= 0.3 is 0 Å². The first kappa shape index (κ1) is 14.4. The van der Waals surface area contributed by atoms with E-state index in [1.165, 1.54) is 0 Å². The Morgan fingerprint density at radius 1 is 1.33 bits per heavy atom. The van der Waals surface area contributed by atoms with Crippen LogP contribution >= 0.6 is 0 Å². The smallest absolute Gasteiger partial charge is 0.226 e. The number of benzene rings is 1. The zero-order valence-corrected chi connectivity index (χ0v) is 12.5. The summed E-state index contributed by atoms with van der Waals surface area (Å²) in [7, 11) is 0. The third-order valence-electron chi connectivity index (χ3n) is 4.70. The van der Waals surface area contributed by atoms with Gasteiger partial charge in [-0.3, -0.25) is 4.79 Å². The van der Waals surface area contributed by atoms with Gasteiger partial charge in [0.2, 0.25) is 5.91 Å². The number of nitrogens with zero attached hydrogens (tertiary/aromatic N) is 1. The lowest BCUT2D eigenvalue weighted by Crippen LogP contribution is -2.36. The lowest BCUT2D eigenvalue weighted by Gasteiger charge is -2.31. The van der Waals surface area contributed by atoms with E-state index in [2.05, 4.69) is 0 Å². The van der Waals surface area contributed by atoms with Gasteiger partial charge in [-0.05, 0) is 55.7 Å². The first-order valence-electron chi connectivity index (χ1n) is 8.01. The highest BCUT2D eigenvalue weighted by atomic mass is 16.5. The molecule has 0 bridgehead atoms. The van der Waals surface area contributed by atoms with Gasteiger partial charge in [-0.15, -0.1) is 0 Å². The Kier molecular flexibility index (Phi) is 4.44. The molecule has 1 saturated heterocycles. The van der Waals surface area contributed by atoms with E-state index in [9.17, 15) is 4.79 Å². The van der Waals surface area contributed by atoms with Crippen molar-refractivity contribution in [3.05, 3.63) is 23.8 Å². The molecule has 1 amide bonds. The Balaban J connectivity index is 1.64. The predicted molar refractivity (Wildman–Crippen MR) is 84.3 cm³/mol. The van der Waals surface area contributed by atoms with Crippen molar-refractivity contribution in [1.29, 1.82) is 0 Å². The van der Waals surface area contributed by atoms with E-state index in [-0.39, 0.29) is 5.91 Å². The molecule has 1 aromatic carbocycles. The number of amides is 1. The van der Waals surface area contributed by atoms with Crippen molar-refractivity contribution < 1.29 is 9.53 Å². The average Bonchev–Trinajstić information content (AvgIpc) is 2.53. The molecule has 0 spiro atoms. The maximum absolute atomic E-state index is 12.6. The molecule has 0 aliphatic carbocycles. The summed E-state index contributed by atoms with van der Waals surface area (Å²) in [6.45, 7) is 2.52. The zero-order chi connectivity index (χ0) is 14.7. The Bertz CT molecular complexity index is 510. The van der Waals surface area contributed by atoms with Gasteiger partial charge in [0, 0.05) is 37.6 Å². The highest BCUT2D eigenvalue weighted by Crippen LogP contribution is 2.32. The SMILES string of the molecule is Nc1cccc2c1CCCN2C(=O)CCC1CCOCC1. The van der Waals surface area contributed by atoms with E-state index in [0.717, 1.165) is 68.8 Å². The quantitative estimate of drug-likeness (QED) is 0.870. The Hall–Kier alpha value is -1.55. The molecule has 1 fully saturated rings. The molecule has 21 heavy (non-hydrogen) atoms. The lowest BCUT2D eigenvalue weighted by molar-refractivity contribution is -0.119. The number of anilines is 2. The van der Waals surface area contributed by atoms with Crippen molar-refractivity contribution in [3.8, 4) is 0 Å². The molecule has 3 rings (SSSR count). The molecule has 2 N–H and O–H groups in total. The number of hydrogen-bond donors (Lipinski definition) is 1. The highest BCUT2D eigenvalue weighted by Gasteiger charge is 2.24. The van der Waals surface area contributed by atoms with Crippen LogP contribution in [-0.4, -0.2) is 25.7 Å². The maximum atomic E-state index is 12.6. The van der Waals surface area contributed by atoms with Crippen LogP contribution in [0.2, 0.25) is 0 Å². The van der Waals surface area contributed by atoms with Crippen LogP contribution in [0.25, 0.3) is 0 Å². The fourth-order valence-corrected chi connectivity index (χ4v) is 3.41. The summed E-state index contributed by atoms with van der Waals surface area (Å²) in [6.07, 6.45) is 5.79. The van der Waals surface area contributed by atoms with Crippen molar-refractivity contribution >= 4 is 17.3 Å². The van der Waals surface area contributed by atoms with Crippen LogP contribution in [0.15, 0.2) is 18.2 Å². The van der Waals surface area contributed by atoms with Crippen molar-refractivity contribution in [3.63, 3.8) is 0 Å². The first-order chi connectivity index (χ1) is 10.3. The summed E-state index contributed by atoms with van der Waals surface area (Å²) in [5.74, 6) is 0.890. The fourth-order valence-electron chi connectivity index (χ4n) is 3.41. The fraction of sp³-hybridized carbons (Fsp3) is 0.588. The summed E-state index contributed by atoms with van der Waals surface area (Å²) in [5.41, 5.74) is 9.02. The average molecular weight is 288 g/mol. The number of nitrogen functional groups attached to an aromatic ring is 1. The van der Waals surface area contributed by atoms with Gasteiger partial charge in [-0.25, -0.2) is 0 Å². The Labute approximate surface area is 126 Å². The van der Waals surface area contributed by atoms with E-state index in [4.69, 9.17) is 10.5 Å². The minimum Gasteiger partial charge on any atom is -0.398 e. The maximum Gasteiger partial charge on any atom is 0.226 e. The number of carbonyl (C=O) groups is 1. The van der Waals surface area contributed by atoms with Gasteiger partial charge in [0.25, 0.3) is 0 Å². The molecule has 0 saturated carbocycles. The first-order valence-corrected chi connectivity index (χ1v) is 8.01. The Morgan fingerprint density at radius 2 is 2.14 bits per heavy atom. The third-order valence-corrected chi connectivity index (χ3v) is 4.70. The monoisotopic (exact) mass is 288 g/mol. The molecule has 114 valence electrons. The molecule has 0 aromatic heterocycles. The van der Waals surface area contributed by atoms with Crippen LogP contribution in [-0.2, 0) is 16.0 Å². The second kappa shape index (κ2) is 6.48. The summed E-state index contributed by atoms with van der Waals surface area (Å²) >= 11 is 0. The molecule has 4 heteroatoms. The molecular weight excluding hydrogens is 264 g/mol. The van der Waals surface area contributed by atoms with E-state index in [0.29, 0.717) is 12.3 Å². The van der Waals surface area contributed by atoms with Gasteiger partial charge in [0.15, 0.2) is 0 Å². The molecule has 0 radical (unpaired) electrons. The van der Waals surface area contributed by atoms with Crippen LogP contribution in [0.1, 0.15) is 37.7 Å². The van der Waals surface area contributed by atoms with Crippen LogP contribution in [0.4, 0.5) is 11.4 Å². The van der Waals surface area contributed by atoms with Crippen molar-refractivity contribution in [2.45, 2.75) is 38.5 Å². The molecular formula is C17H24N2O2. The minimum atomic E-state index is 0.244. The molecule has 0 unspecified atom stereocenters. The van der Waals surface area contributed by atoms with Crippen molar-refractivity contribution in [2.75, 3.05) is 30.4 Å². The van der Waals surface area contributed by atoms with Crippen LogP contribution in [0.3, 0.4) is 0 Å². The van der Waals surface area contributed by atoms with E-state index < -0.39 is 0 Å². The summed E-state index contributed by atoms with van der Waals surface area (Å²) in [5, 5.41) is 0. The molecule has 2 heterocycles. The third kappa shape index (κ3) is 3.21. The number of carbonyl (C=O) groups excluding carboxylic acids is 1. The van der Waals surface area contributed by atoms with Gasteiger partial charge < -0.3 is 15.4 Å². The number of nitrogens with two attached hydrogens (primary N) is 1. The molecule has 0 atom stereocenters. The summed E-state index contributed by atoms with van der Waals surface area (Å²) in [4.78, 5) is 14.5. The van der Waals surface area contributed by atoms with Gasteiger partial charge in [-0.1, -0.05) is 6.07 Å². The van der Waals surface area contributed by atoms with Gasteiger partial charge in [0.05, 0.1) is 0 Å². The summed E-state index contributed by atoms with van der Waals surface area (Å²) < 4.78 is 5.37. The largest absolute Gasteiger partial charge is 0.398 e. The second-order valence-corrected chi connectivity index (χ2v) is 6.09. The topological polar surface area (TPSA) is 55.6 Å². The normalized spacial score (nSPS) is 19.3. The van der Waals surface area contributed by atoms with Crippen molar-refractivity contribution in [1.82, 2.24) is 0 Å². The molecule has 4 nitrogen and oxygen atoms in total. The van der Waals surface area contributed by atoms with Crippen LogP contribution in [0, 0.1) is 5.92 Å². The van der Waals surface area contributed by atoms with Gasteiger partial charge in [0.1, 0.15) is 0 Å². The Morgan fingerprint density at radius 3 is 2.95 bits per heavy atom. The second-order valence-electron chi connectivity index (χ2n) is 6.09. The number of hydrogen-bond acceptors (Lipinski definition) is 3. The molecule has 2 aliphatic heterocycles. The van der Waals surface area contributed by atoms with Crippen LogP contribution < -0.4 is 10.6 Å². The van der Waals surface area contributed by atoms with E-state index in [1.807, 2.05) is 23.1 Å². The van der Waals surface area contributed by atoms with Crippen LogP contribution in [0.5, 0.6) is 0 Å². The lowest BCUT2D eigenvalue weighted by atomic mass is 9.94. The summed E-state index contributed by atoms with van der Waals surface area (Å²) in [6, 6.07) is 5.89. The molecule has 2 aliphatic rings. The van der Waals surface area contributed by atoms with Crippen molar-refractivity contribution in [2.24, 2.45) is 5.92 Å². The number of fused-ring (bicyclic) bond motifs is 1. The van der Waals surface area contributed by atoms with Gasteiger partial charge in [-0.2, -0.15) is 0 Å². The minimum absolute atomic E-state index is 0.244. The number of rotatable bonds is 3. The molecule has 1 aromatic rings. The van der Waals surface area contributed by atoms with E-state index >= 15 is 0 Å². The highest BCUT2D eigenvalue weighted by molar-refractivity contribution is 5.95. The standard InChI is InChI=1S/C17H24N2O2/c18-15-4-1-5-16-14(15)3-2-10-19(16)17(20)7-6-13-8-11-21-12-9-13/h1,4-5,13H,2-3,6-12,18H2. The zero-order valence-electron chi connectivity index (χ0n) is 12.5.